The molecule has 0 bridgehead atoms. The van der Waals surface area contributed by atoms with Crippen molar-refractivity contribution in [3.05, 3.63) is 30.1 Å². The van der Waals surface area contributed by atoms with Crippen molar-refractivity contribution in [2.45, 2.75) is 36.7 Å². The van der Waals surface area contributed by atoms with Crippen LogP contribution in [-0.2, 0) is 16.0 Å². The van der Waals surface area contributed by atoms with Crippen LogP contribution in [0.2, 0.25) is 0 Å². The van der Waals surface area contributed by atoms with Gasteiger partial charge in [0.25, 0.3) is 0 Å². The van der Waals surface area contributed by atoms with Crippen molar-refractivity contribution in [1.82, 2.24) is 9.88 Å². The molecule has 0 N–H and O–H groups in total. The van der Waals surface area contributed by atoms with Crippen molar-refractivity contribution in [3.63, 3.8) is 0 Å². The highest BCUT2D eigenvalue weighted by Crippen LogP contribution is 2.46. The molecule has 0 aliphatic carbocycles. The molecule has 0 amide bonds. The molecule has 1 aromatic rings. The Hall–Kier alpha value is -0.620. The van der Waals surface area contributed by atoms with Crippen molar-refractivity contribution >= 4 is 11.8 Å². The Balaban J connectivity index is 1.19. The van der Waals surface area contributed by atoms with Crippen molar-refractivity contribution in [1.29, 1.82) is 0 Å². The van der Waals surface area contributed by atoms with Gasteiger partial charge in [0.05, 0.1) is 6.10 Å². The molecule has 3 saturated heterocycles. The monoisotopic (exact) mass is 334 g/mol. The lowest BCUT2D eigenvalue weighted by Gasteiger charge is -2.47. The minimum absolute atomic E-state index is 0.464. The maximum Gasteiger partial charge on any atom is 0.0680 e. The van der Waals surface area contributed by atoms with Gasteiger partial charge < -0.3 is 9.47 Å². The molecule has 0 unspecified atom stereocenters. The van der Waals surface area contributed by atoms with Gasteiger partial charge in [-0.3, -0.25) is 9.88 Å². The molecule has 5 heteroatoms. The highest BCUT2D eigenvalue weighted by atomic mass is 32.2. The Morgan fingerprint density at radius 2 is 2.04 bits per heavy atom. The topological polar surface area (TPSA) is 34.6 Å². The number of hydrogen-bond acceptors (Lipinski definition) is 5. The van der Waals surface area contributed by atoms with E-state index in [0.29, 0.717) is 10.9 Å². The van der Waals surface area contributed by atoms with Crippen LogP contribution in [0.4, 0.5) is 0 Å². The van der Waals surface area contributed by atoms with E-state index in [1.165, 1.54) is 43.7 Å². The summed E-state index contributed by atoms with van der Waals surface area (Å²) in [4.78, 5) is 6.63. The summed E-state index contributed by atoms with van der Waals surface area (Å²) < 4.78 is 12.1. The number of likely N-dealkylation sites (tertiary alicyclic amines) is 1. The predicted molar refractivity (Wildman–Crippen MR) is 92.6 cm³/mol. The van der Waals surface area contributed by atoms with E-state index in [4.69, 9.17) is 9.47 Å². The lowest BCUT2D eigenvalue weighted by atomic mass is 9.92. The van der Waals surface area contributed by atoms with Crippen molar-refractivity contribution in [3.8, 4) is 0 Å². The van der Waals surface area contributed by atoms with Gasteiger partial charge in [-0.05, 0) is 42.9 Å². The predicted octanol–water partition coefficient (Wildman–Crippen LogP) is 2.58. The standard InChI is InChI=1S/C18H26N2O2S/c1-5-19-6-2-15(1)10-20-13-18(14-20)9-17(12-23-18)22-11-16-3-7-21-8-4-16/h1-2,5-6,16-17H,3-4,7-14H2/t17-/m0/s1. The number of aromatic nitrogens is 1. The maximum atomic E-state index is 6.22. The Labute approximate surface area is 142 Å². The van der Waals surface area contributed by atoms with Crippen LogP contribution in [0.3, 0.4) is 0 Å². The van der Waals surface area contributed by atoms with Crippen LogP contribution in [0.15, 0.2) is 24.5 Å². The molecule has 0 radical (unpaired) electrons. The van der Waals surface area contributed by atoms with Crippen molar-refractivity contribution in [2.24, 2.45) is 5.92 Å². The summed E-state index contributed by atoms with van der Waals surface area (Å²) in [7, 11) is 0. The third-order valence-electron chi connectivity index (χ3n) is 5.26. The van der Waals surface area contributed by atoms with E-state index in [9.17, 15) is 0 Å². The fourth-order valence-electron chi connectivity index (χ4n) is 3.94. The zero-order valence-corrected chi connectivity index (χ0v) is 14.5. The molecule has 0 saturated carbocycles. The quantitative estimate of drug-likeness (QED) is 0.827. The molecule has 4 rings (SSSR count). The van der Waals surface area contributed by atoms with Crippen molar-refractivity contribution in [2.75, 3.05) is 38.7 Å². The Morgan fingerprint density at radius 1 is 1.26 bits per heavy atom. The first kappa shape index (κ1) is 15.9. The summed E-state index contributed by atoms with van der Waals surface area (Å²) >= 11 is 2.14. The second-order valence-electron chi connectivity index (χ2n) is 7.21. The largest absolute Gasteiger partial charge is 0.381 e. The normalized spacial score (nSPS) is 28.1. The highest BCUT2D eigenvalue weighted by molar-refractivity contribution is 8.01. The Morgan fingerprint density at radius 3 is 2.83 bits per heavy atom. The Kier molecular flexibility index (Phi) is 4.90. The second-order valence-corrected chi connectivity index (χ2v) is 8.70. The molecule has 23 heavy (non-hydrogen) atoms. The molecular weight excluding hydrogens is 308 g/mol. The molecule has 4 nitrogen and oxygen atoms in total. The van der Waals surface area contributed by atoms with E-state index in [-0.39, 0.29) is 0 Å². The Bertz CT molecular complexity index is 501. The molecule has 126 valence electrons. The lowest BCUT2D eigenvalue weighted by Crippen LogP contribution is -2.58. The summed E-state index contributed by atoms with van der Waals surface area (Å²) in [5.41, 5.74) is 1.37. The third-order valence-corrected chi connectivity index (χ3v) is 6.84. The summed E-state index contributed by atoms with van der Waals surface area (Å²) in [5.74, 6) is 1.89. The molecule has 3 aliphatic heterocycles. The van der Waals surface area contributed by atoms with Gasteiger partial charge in [-0.2, -0.15) is 0 Å². The van der Waals surface area contributed by atoms with Gasteiger partial charge in [-0.25, -0.2) is 0 Å². The molecule has 1 atom stereocenters. The van der Waals surface area contributed by atoms with Crippen LogP contribution in [0.25, 0.3) is 0 Å². The average Bonchev–Trinajstić information content (AvgIpc) is 2.99. The van der Waals surface area contributed by atoms with Gasteiger partial charge in [0, 0.05) is 62.3 Å². The number of ether oxygens (including phenoxy) is 2. The first-order chi connectivity index (χ1) is 11.3. The van der Waals surface area contributed by atoms with Crippen LogP contribution in [0.5, 0.6) is 0 Å². The average molecular weight is 334 g/mol. The lowest BCUT2D eigenvalue weighted by molar-refractivity contribution is -0.0133. The van der Waals surface area contributed by atoms with Crippen LogP contribution >= 0.6 is 11.8 Å². The van der Waals surface area contributed by atoms with Gasteiger partial charge in [0.2, 0.25) is 0 Å². The molecule has 3 aliphatic rings. The minimum Gasteiger partial charge on any atom is -0.381 e. The fraction of sp³-hybridized carbons (Fsp3) is 0.722. The minimum atomic E-state index is 0.464. The number of pyridine rings is 1. The molecule has 1 aromatic heterocycles. The zero-order valence-electron chi connectivity index (χ0n) is 13.7. The van der Waals surface area contributed by atoms with Gasteiger partial charge in [-0.1, -0.05) is 0 Å². The van der Waals surface area contributed by atoms with Gasteiger partial charge >= 0.3 is 0 Å². The van der Waals surface area contributed by atoms with E-state index in [0.717, 1.165) is 32.3 Å². The van der Waals surface area contributed by atoms with Crippen LogP contribution in [0.1, 0.15) is 24.8 Å². The van der Waals surface area contributed by atoms with E-state index < -0.39 is 0 Å². The summed E-state index contributed by atoms with van der Waals surface area (Å²) in [5, 5.41) is 0. The van der Waals surface area contributed by atoms with Gasteiger partial charge in [-0.15, -0.1) is 11.8 Å². The van der Waals surface area contributed by atoms with Gasteiger partial charge in [0.15, 0.2) is 0 Å². The summed E-state index contributed by atoms with van der Waals surface area (Å²) in [6, 6.07) is 4.24. The van der Waals surface area contributed by atoms with E-state index in [2.05, 4.69) is 33.8 Å². The second kappa shape index (κ2) is 7.09. The van der Waals surface area contributed by atoms with Crippen LogP contribution in [0, 0.1) is 5.92 Å². The molecule has 0 aromatic carbocycles. The third kappa shape index (κ3) is 3.90. The van der Waals surface area contributed by atoms with Crippen molar-refractivity contribution < 1.29 is 9.47 Å². The first-order valence-corrected chi connectivity index (χ1v) is 9.74. The highest BCUT2D eigenvalue weighted by Gasteiger charge is 2.49. The molecular formula is C18H26N2O2S. The summed E-state index contributed by atoms with van der Waals surface area (Å²) in [6.45, 7) is 6.24. The fourth-order valence-corrected chi connectivity index (χ4v) is 5.55. The maximum absolute atomic E-state index is 6.22. The van der Waals surface area contributed by atoms with Crippen LogP contribution < -0.4 is 0 Å². The zero-order chi connectivity index (χ0) is 15.5. The molecule has 1 spiro atoms. The molecule has 3 fully saturated rings. The van der Waals surface area contributed by atoms with E-state index in [1.54, 1.807) is 0 Å². The van der Waals surface area contributed by atoms with Gasteiger partial charge in [0.1, 0.15) is 0 Å². The number of rotatable bonds is 5. The van der Waals surface area contributed by atoms with E-state index in [1.807, 2.05) is 12.4 Å². The number of nitrogens with zero attached hydrogens (tertiary/aromatic N) is 2. The summed E-state index contributed by atoms with van der Waals surface area (Å²) in [6.07, 6.45) is 7.81. The first-order valence-electron chi connectivity index (χ1n) is 8.76. The molecule has 4 heterocycles. The number of hydrogen-bond donors (Lipinski definition) is 0. The van der Waals surface area contributed by atoms with E-state index >= 15 is 0 Å². The smallest absolute Gasteiger partial charge is 0.0680 e. The SMILES string of the molecule is c1cc(CN2CC3(C[C@H](OCC4CCOCC4)CS3)C2)ccn1. The van der Waals surface area contributed by atoms with Crippen LogP contribution in [-0.4, -0.2) is 59.4 Å². The number of thioether (sulfide) groups is 1.